The van der Waals surface area contributed by atoms with Gasteiger partial charge in [-0.2, -0.15) is 0 Å². The van der Waals surface area contributed by atoms with Crippen molar-refractivity contribution in [2.45, 2.75) is 31.8 Å². The number of carbonyl (C=O) groups is 2. The molecule has 6 nitrogen and oxygen atoms in total. The van der Waals surface area contributed by atoms with Crippen LogP contribution < -0.4 is 5.73 Å². The van der Waals surface area contributed by atoms with Gasteiger partial charge in [-0.05, 0) is 20.3 Å². The molecular formula is C10H18N2O4. The van der Waals surface area contributed by atoms with Crippen LogP contribution in [0.2, 0.25) is 0 Å². The van der Waals surface area contributed by atoms with E-state index >= 15 is 0 Å². The summed E-state index contributed by atoms with van der Waals surface area (Å²) in [6.45, 7) is 4.44. The van der Waals surface area contributed by atoms with Gasteiger partial charge in [-0.25, -0.2) is 0 Å². The van der Waals surface area contributed by atoms with Crippen molar-refractivity contribution in [3.8, 4) is 0 Å². The molecule has 92 valence electrons. The molecule has 0 aliphatic carbocycles. The molecule has 1 aliphatic rings. The summed E-state index contributed by atoms with van der Waals surface area (Å²) in [4.78, 5) is 24.1. The van der Waals surface area contributed by atoms with Gasteiger partial charge in [-0.15, -0.1) is 0 Å². The van der Waals surface area contributed by atoms with Crippen molar-refractivity contribution in [2.24, 2.45) is 5.73 Å². The van der Waals surface area contributed by atoms with Crippen LogP contribution in [0.15, 0.2) is 0 Å². The predicted molar refractivity (Wildman–Crippen MR) is 56.8 cm³/mol. The molecule has 2 unspecified atom stereocenters. The number of hydrogen-bond acceptors (Lipinski definition) is 5. The molecule has 0 aromatic rings. The summed E-state index contributed by atoms with van der Waals surface area (Å²) in [6.07, 6.45) is 0.353. The van der Waals surface area contributed by atoms with Gasteiger partial charge in [-0.3, -0.25) is 14.5 Å². The van der Waals surface area contributed by atoms with Crippen LogP contribution in [0.3, 0.4) is 0 Å². The number of likely N-dealkylation sites (tertiary alicyclic amines) is 1. The average molecular weight is 230 g/mol. The summed E-state index contributed by atoms with van der Waals surface area (Å²) in [7, 11) is 0. The van der Waals surface area contributed by atoms with Gasteiger partial charge in [0.1, 0.15) is 11.6 Å². The van der Waals surface area contributed by atoms with Crippen molar-refractivity contribution < 1.29 is 19.4 Å². The van der Waals surface area contributed by atoms with Gasteiger partial charge in [-0.1, -0.05) is 0 Å². The van der Waals surface area contributed by atoms with Crippen LogP contribution in [0.25, 0.3) is 0 Å². The minimum atomic E-state index is -1.24. The van der Waals surface area contributed by atoms with Crippen LogP contribution >= 0.6 is 0 Å². The van der Waals surface area contributed by atoms with Crippen LogP contribution in [-0.4, -0.2) is 53.2 Å². The minimum absolute atomic E-state index is 0.183. The first-order chi connectivity index (χ1) is 7.40. The number of nitrogens with zero attached hydrogens (tertiary/aromatic N) is 1. The van der Waals surface area contributed by atoms with Crippen molar-refractivity contribution in [2.75, 3.05) is 19.7 Å². The number of carbonyl (C=O) groups excluding carboxylic acids is 1. The van der Waals surface area contributed by atoms with Crippen molar-refractivity contribution in [3.05, 3.63) is 0 Å². The van der Waals surface area contributed by atoms with Gasteiger partial charge in [0.15, 0.2) is 0 Å². The quantitative estimate of drug-likeness (QED) is 0.628. The second-order valence-corrected chi connectivity index (χ2v) is 4.11. The SMILES string of the molecule is CCOC(=O)C(C)N1CCC(N)(C(=O)O)C1. The molecule has 6 heteroatoms. The normalized spacial score (nSPS) is 27.7. The maximum absolute atomic E-state index is 11.5. The number of esters is 1. The van der Waals surface area contributed by atoms with Crippen molar-refractivity contribution >= 4 is 11.9 Å². The highest BCUT2D eigenvalue weighted by atomic mass is 16.5. The largest absolute Gasteiger partial charge is 0.480 e. The maximum Gasteiger partial charge on any atom is 0.325 e. The number of carboxylic acid groups (broad SMARTS) is 1. The lowest BCUT2D eigenvalue weighted by atomic mass is 10.0. The molecule has 0 aromatic heterocycles. The van der Waals surface area contributed by atoms with E-state index in [0.29, 0.717) is 19.6 Å². The third-order valence-corrected chi connectivity index (χ3v) is 2.93. The molecule has 3 N–H and O–H groups in total. The summed E-state index contributed by atoms with van der Waals surface area (Å²) < 4.78 is 4.88. The number of carboxylic acids is 1. The number of rotatable bonds is 4. The lowest BCUT2D eigenvalue weighted by Gasteiger charge is -2.24. The molecule has 1 fully saturated rings. The van der Waals surface area contributed by atoms with E-state index in [1.54, 1.807) is 18.7 Å². The molecular weight excluding hydrogens is 212 g/mol. The molecule has 0 radical (unpaired) electrons. The van der Waals surface area contributed by atoms with E-state index in [1.807, 2.05) is 0 Å². The van der Waals surface area contributed by atoms with Gasteiger partial charge >= 0.3 is 11.9 Å². The number of aliphatic carboxylic acids is 1. The second kappa shape index (κ2) is 4.80. The third-order valence-electron chi connectivity index (χ3n) is 2.93. The Labute approximate surface area is 94.3 Å². The Bertz CT molecular complexity index is 295. The van der Waals surface area contributed by atoms with Crippen LogP contribution in [0, 0.1) is 0 Å². The van der Waals surface area contributed by atoms with Gasteiger partial charge in [0.2, 0.25) is 0 Å². The van der Waals surface area contributed by atoms with Gasteiger partial charge in [0.05, 0.1) is 6.61 Å². The first-order valence-electron chi connectivity index (χ1n) is 5.33. The first-order valence-corrected chi connectivity index (χ1v) is 5.33. The average Bonchev–Trinajstić information content (AvgIpc) is 2.61. The fourth-order valence-electron chi connectivity index (χ4n) is 1.78. The van der Waals surface area contributed by atoms with E-state index in [-0.39, 0.29) is 12.5 Å². The first kappa shape index (κ1) is 12.9. The summed E-state index contributed by atoms with van der Waals surface area (Å²) in [6, 6.07) is -0.440. The van der Waals surface area contributed by atoms with Crippen LogP contribution in [-0.2, 0) is 14.3 Å². The van der Waals surface area contributed by atoms with Crippen molar-refractivity contribution in [1.82, 2.24) is 4.90 Å². The van der Waals surface area contributed by atoms with E-state index in [9.17, 15) is 9.59 Å². The van der Waals surface area contributed by atoms with Gasteiger partial charge in [0, 0.05) is 13.1 Å². The Morgan fingerprint density at radius 3 is 2.69 bits per heavy atom. The Kier molecular flexibility index (Phi) is 3.88. The highest BCUT2D eigenvalue weighted by Gasteiger charge is 2.43. The molecule has 1 aliphatic heterocycles. The number of hydrogen-bond donors (Lipinski definition) is 2. The molecule has 16 heavy (non-hydrogen) atoms. The summed E-state index contributed by atoms with van der Waals surface area (Å²) in [5.74, 6) is -1.36. The molecule has 2 atom stereocenters. The summed E-state index contributed by atoms with van der Waals surface area (Å²) in [5, 5.41) is 8.95. The van der Waals surface area contributed by atoms with Crippen LogP contribution in [0.5, 0.6) is 0 Å². The minimum Gasteiger partial charge on any atom is -0.480 e. The van der Waals surface area contributed by atoms with Crippen LogP contribution in [0.4, 0.5) is 0 Å². The second-order valence-electron chi connectivity index (χ2n) is 4.11. The zero-order valence-corrected chi connectivity index (χ0v) is 9.60. The third kappa shape index (κ3) is 2.51. The summed E-state index contributed by atoms with van der Waals surface area (Å²) >= 11 is 0. The van der Waals surface area contributed by atoms with E-state index in [4.69, 9.17) is 15.6 Å². The van der Waals surface area contributed by atoms with E-state index in [1.165, 1.54) is 0 Å². The Balaban J connectivity index is 2.59. The van der Waals surface area contributed by atoms with Gasteiger partial charge in [0.25, 0.3) is 0 Å². The molecule has 1 heterocycles. The Morgan fingerprint density at radius 2 is 2.25 bits per heavy atom. The topological polar surface area (TPSA) is 92.9 Å². The molecule has 0 spiro atoms. The molecule has 0 saturated carbocycles. The van der Waals surface area contributed by atoms with E-state index in [2.05, 4.69) is 0 Å². The molecule has 1 saturated heterocycles. The zero-order valence-electron chi connectivity index (χ0n) is 9.60. The van der Waals surface area contributed by atoms with Crippen molar-refractivity contribution in [3.63, 3.8) is 0 Å². The zero-order chi connectivity index (χ0) is 12.3. The van der Waals surface area contributed by atoms with E-state index < -0.39 is 17.6 Å². The lowest BCUT2D eigenvalue weighted by molar-refractivity contribution is -0.149. The van der Waals surface area contributed by atoms with Gasteiger partial charge < -0.3 is 15.6 Å². The fourth-order valence-corrected chi connectivity index (χ4v) is 1.78. The molecule has 1 rings (SSSR count). The Hall–Kier alpha value is -1.14. The van der Waals surface area contributed by atoms with Crippen molar-refractivity contribution in [1.29, 1.82) is 0 Å². The lowest BCUT2D eigenvalue weighted by Crippen LogP contribution is -2.51. The summed E-state index contributed by atoms with van der Waals surface area (Å²) in [5.41, 5.74) is 4.48. The highest BCUT2D eigenvalue weighted by Crippen LogP contribution is 2.21. The monoisotopic (exact) mass is 230 g/mol. The molecule has 0 aromatic carbocycles. The Morgan fingerprint density at radius 1 is 1.62 bits per heavy atom. The fraction of sp³-hybridized carbons (Fsp3) is 0.800. The van der Waals surface area contributed by atoms with Crippen LogP contribution in [0.1, 0.15) is 20.3 Å². The molecule has 0 amide bonds. The number of nitrogens with two attached hydrogens (primary N) is 1. The van der Waals surface area contributed by atoms with E-state index in [0.717, 1.165) is 0 Å². The molecule has 0 bridgehead atoms. The standard InChI is InChI=1S/C10H18N2O4/c1-3-16-8(13)7(2)12-5-4-10(11,6-12)9(14)15/h7H,3-6,11H2,1-2H3,(H,14,15). The predicted octanol–water partition coefficient (Wildman–Crippen LogP) is -0.574. The smallest absolute Gasteiger partial charge is 0.325 e. The maximum atomic E-state index is 11.5. The highest BCUT2D eigenvalue weighted by molar-refractivity contribution is 5.80. The number of ether oxygens (including phenoxy) is 1.